The molecule has 0 aliphatic heterocycles. The van der Waals surface area contributed by atoms with E-state index in [4.69, 9.17) is 5.73 Å². The molecule has 12 heteroatoms. The maximum absolute atomic E-state index is 13.4. The number of primary amides is 1. The lowest BCUT2D eigenvalue weighted by Crippen LogP contribution is -2.27. The van der Waals surface area contributed by atoms with Crippen LogP contribution < -0.4 is 16.5 Å². The molecule has 0 saturated carbocycles. The monoisotopic (exact) mass is 437 g/mol. The minimum absolute atomic E-state index is 0.0836. The predicted molar refractivity (Wildman–Crippen MR) is 103 cm³/mol. The average molecular weight is 437 g/mol. The van der Waals surface area contributed by atoms with Crippen LogP contribution in [0, 0.1) is 6.92 Å². The van der Waals surface area contributed by atoms with E-state index in [0.717, 1.165) is 28.2 Å². The highest BCUT2D eigenvalue weighted by molar-refractivity contribution is 7.14. The summed E-state index contributed by atoms with van der Waals surface area (Å²) in [5, 5.41) is 7.80. The number of rotatable bonds is 5. The van der Waals surface area contributed by atoms with Gasteiger partial charge in [-0.25, -0.2) is 9.67 Å². The molecular weight excluding hydrogens is 423 g/mol. The summed E-state index contributed by atoms with van der Waals surface area (Å²) in [6, 6.07) is 5.70. The van der Waals surface area contributed by atoms with Crippen LogP contribution in [0.15, 0.2) is 40.5 Å². The minimum Gasteiger partial charge on any atom is -0.369 e. The molecule has 0 aliphatic carbocycles. The number of halogens is 3. The average Bonchev–Trinajstić information content (AvgIpc) is 3.07. The highest BCUT2D eigenvalue weighted by Crippen LogP contribution is 2.33. The van der Waals surface area contributed by atoms with Crippen LogP contribution in [0.25, 0.3) is 5.69 Å². The number of amides is 2. The molecule has 3 N–H and O–H groups in total. The van der Waals surface area contributed by atoms with E-state index in [0.29, 0.717) is 5.69 Å². The Balaban J connectivity index is 1.98. The standard InChI is InChI=1S/C18H14F3N5O3S/c1-9-6-13(27)15(16(29)24-17-23-10(8-30-17)7-14(22)28)25-26(9)12-5-3-2-4-11(12)18(19,20)21/h2-6,8H,7H2,1H3,(H2,22,28)(H,23,24,29). The largest absolute Gasteiger partial charge is 0.418 e. The van der Waals surface area contributed by atoms with Gasteiger partial charge in [0, 0.05) is 17.1 Å². The lowest BCUT2D eigenvalue weighted by Gasteiger charge is -2.16. The zero-order valence-electron chi connectivity index (χ0n) is 15.4. The van der Waals surface area contributed by atoms with E-state index < -0.39 is 34.7 Å². The number of hydrogen-bond donors (Lipinski definition) is 2. The zero-order chi connectivity index (χ0) is 22.1. The number of benzene rings is 1. The van der Waals surface area contributed by atoms with Crippen LogP contribution >= 0.6 is 11.3 Å². The number of nitrogens with zero attached hydrogens (tertiary/aromatic N) is 3. The van der Waals surface area contributed by atoms with Crippen LogP contribution in [-0.4, -0.2) is 26.6 Å². The smallest absolute Gasteiger partial charge is 0.369 e. The van der Waals surface area contributed by atoms with Crippen molar-refractivity contribution in [1.29, 1.82) is 0 Å². The Labute approximate surface area is 171 Å². The van der Waals surface area contributed by atoms with E-state index in [1.54, 1.807) is 0 Å². The van der Waals surface area contributed by atoms with Crippen molar-refractivity contribution in [2.45, 2.75) is 19.5 Å². The van der Waals surface area contributed by atoms with E-state index in [1.807, 2.05) is 0 Å². The number of alkyl halides is 3. The third kappa shape index (κ3) is 4.54. The molecule has 0 spiro atoms. The second-order valence-electron chi connectivity index (χ2n) is 6.17. The van der Waals surface area contributed by atoms with Gasteiger partial charge < -0.3 is 5.73 Å². The Bertz CT molecular complexity index is 1190. The molecule has 30 heavy (non-hydrogen) atoms. The highest BCUT2D eigenvalue weighted by Gasteiger charge is 2.34. The number of aryl methyl sites for hydroxylation is 1. The maximum Gasteiger partial charge on any atom is 0.418 e. The molecule has 2 heterocycles. The van der Waals surface area contributed by atoms with Crippen molar-refractivity contribution in [3.8, 4) is 5.69 Å². The summed E-state index contributed by atoms with van der Waals surface area (Å²) in [5.41, 5.74) is 2.86. The summed E-state index contributed by atoms with van der Waals surface area (Å²) in [5.74, 6) is -1.55. The van der Waals surface area contributed by atoms with Gasteiger partial charge in [0.05, 0.1) is 23.4 Å². The van der Waals surface area contributed by atoms with Crippen LogP contribution in [0.3, 0.4) is 0 Å². The molecule has 0 radical (unpaired) electrons. The summed E-state index contributed by atoms with van der Waals surface area (Å²) in [6.45, 7) is 1.40. The molecule has 3 aromatic rings. The van der Waals surface area contributed by atoms with Gasteiger partial charge in [-0.1, -0.05) is 12.1 Å². The number of hydrogen-bond acceptors (Lipinski definition) is 6. The fourth-order valence-electron chi connectivity index (χ4n) is 2.63. The third-order valence-electron chi connectivity index (χ3n) is 3.89. The number of nitrogens with one attached hydrogen (secondary N) is 1. The van der Waals surface area contributed by atoms with Crippen molar-refractivity contribution in [3.05, 3.63) is 68.6 Å². The Morgan fingerprint density at radius 1 is 1.27 bits per heavy atom. The van der Waals surface area contributed by atoms with Crippen LogP contribution in [-0.2, 0) is 17.4 Å². The quantitative estimate of drug-likeness (QED) is 0.635. The molecule has 0 atom stereocenters. The van der Waals surface area contributed by atoms with E-state index >= 15 is 0 Å². The molecule has 156 valence electrons. The Morgan fingerprint density at radius 3 is 2.63 bits per heavy atom. The second-order valence-corrected chi connectivity index (χ2v) is 7.02. The van der Waals surface area contributed by atoms with Gasteiger partial charge >= 0.3 is 6.18 Å². The normalized spacial score (nSPS) is 11.3. The molecule has 0 unspecified atom stereocenters. The fraction of sp³-hybridized carbons (Fsp3) is 0.167. The summed E-state index contributed by atoms with van der Waals surface area (Å²) in [6.07, 6.45) is -4.79. The Morgan fingerprint density at radius 2 is 1.97 bits per heavy atom. The molecule has 0 saturated heterocycles. The van der Waals surface area contributed by atoms with E-state index in [9.17, 15) is 27.6 Å². The molecule has 3 rings (SSSR count). The lowest BCUT2D eigenvalue weighted by molar-refractivity contribution is -0.137. The number of thiazole rings is 1. The SMILES string of the molecule is Cc1cc(=O)c(C(=O)Nc2nc(CC(N)=O)cs2)nn1-c1ccccc1C(F)(F)F. The first kappa shape index (κ1) is 21.2. The van der Waals surface area contributed by atoms with Crippen molar-refractivity contribution in [3.63, 3.8) is 0 Å². The second kappa shape index (κ2) is 8.06. The number of carbonyl (C=O) groups excluding carboxylic acids is 2. The number of aromatic nitrogens is 3. The van der Waals surface area contributed by atoms with Gasteiger partial charge in [0.2, 0.25) is 11.3 Å². The van der Waals surface area contributed by atoms with Crippen LogP contribution in [0.5, 0.6) is 0 Å². The summed E-state index contributed by atoms with van der Waals surface area (Å²) < 4.78 is 41.0. The molecule has 0 aliphatic rings. The van der Waals surface area contributed by atoms with E-state index in [-0.39, 0.29) is 22.9 Å². The topological polar surface area (TPSA) is 120 Å². The van der Waals surface area contributed by atoms with Crippen LogP contribution in [0.2, 0.25) is 0 Å². The van der Waals surface area contributed by atoms with Gasteiger partial charge in [-0.15, -0.1) is 11.3 Å². The van der Waals surface area contributed by atoms with E-state index in [1.165, 1.54) is 30.5 Å². The van der Waals surface area contributed by atoms with Crippen molar-refractivity contribution in [2.75, 3.05) is 5.32 Å². The first-order valence-electron chi connectivity index (χ1n) is 8.38. The number of para-hydroxylation sites is 1. The molecule has 0 fully saturated rings. The fourth-order valence-corrected chi connectivity index (χ4v) is 3.33. The maximum atomic E-state index is 13.4. The number of nitrogens with two attached hydrogens (primary N) is 1. The summed E-state index contributed by atoms with van der Waals surface area (Å²) >= 11 is 0.994. The lowest BCUT2D eigenvalue weighted by atomic mass is 10.1. The van der Waals surface area contributed by atoms with Crippen LogP contribution in [0.1, 0.15) is 27.4 Å². The first-order chi connectivity index (χ1) is 14.1. The van der Waals surface area contributed by atoms with Crippen molar-refractivity contribution < 1.29 is 22.8 Å². The highest BCUT2D eigenvalue weighted by atomic mass is 32.1. The third-order valence-corrected chi connectivity index (χ3v) is 4.69. The molecule has 8 nitrogen and oxygen atoms in total. The molecule has 1 aromatic carbocycles. The minimum atomic E-state index is -4.66. The molecule has 0 bridgehead atoms. The molecular formula is C18H14F3N5O3S. The van der Waals surface area contributed by atoms with Gasteiger partial charge in [0.15, 0.2) is 10.8 Å². The number of anilines is 1. The predicted octanol–water partition coefficient (Wildman–Crippen LogP) is 2.30. The van der Waals surface area contributed by atoms with E-state index in [2.05, 4.69) is 15.4 Å². The van der Waals surface area contributed by atoms with Crippen molar-refractivity contribution in [1.82, 2.24) is 14.8 Å². The van der Waals surface area contributed by atoms with Crippen LogP contribution in [0.4, 0.5) is 18.3 Å². The van der Waals surface area contributed by atoms with Gasteiger partial charge in [-0.2, -0.15) is 18.3 Å². The van der Waals surface area contributed by atoms with Crippen molar-refractivity contribution >= 4 is 28.3 Å². The zero-order valence-corrected chi connectivity index (χ0v) is 16.2. The van der Waals surface area contributed by atoms with Gasteiger partial charge in [-0.05, 0) is 19.1 Å². The Kier molecular flexibility index (Phi) is 5.69. The van der Waals surface area contributed by atoms with Gasteiger partial charge in [-0.3, -0.25) is 19.7 Å². The Hall–Kier alpha value is -3.54. The first-order valence-corrected chi connectivity index (χ1v) is 9.26. The summed E-state index contributed by atoms with van der Waals surface area (Å²) in [7, 11) is 0. The van der Waals surface area contributed by atoms with Gasteiger partial charge in [0.1, 0.15) is 0 Å². The summed E-state index contributed by atoms with van der Waals surface area (Å²) in [4.78, 5) is 39.7. The number of carbonyl (C=O) groups is 2. The van der Waals surface area contributed by atoms with Gasteiger partial charge in [0.25, 0.3) is 5.91 Å². The van der Waals surface area contributed by atoms with Crippen molar-refractivity contribution in [2.24, 2.45) is 5.73 Å². The molecule has 2 amide bonds. The molecule has 2 aromatic heterocycles.